The van der Waals surface area contributed by atoms with E-state index in [0.29, 0.717) is 38.7 Å². The molecule has 0 heterocycles. The summed E-state index contributed by atoms with van der Waals surface area (Å²) in [5.74, 6) is 1.02. The molecule has 0 aliphatic carbocycles. The van der Waals surface area contributed by atoms with Gasteiger partial charge in [-0.1, -0.05) is 40.9 Å². The monoisotopic (exact) mass is 360 g/mol. The van der Waals surface area contributed by atoms with Crippen molar-refractivity contribution in [3.8, 4) is 11.5 Å². The second kappa shape index (κ2) is 7.93. The van der Waals surface area contributed by atoms with Gasteiger partial charge < -0.3 is 14.6 Å². The summed E-state index contributed by atoms with van der Waals surface area (Å²) in [5, 5.41) is 10.8. The lowest BCUT2D eigenvalue weighted by Gasteiger charge is -2.14. The van der Waals surface area contributed by atoms with E-state index in [1.807, 2.05) is 6.92 Å². The summed E-state index contributed by atoms with van der Waals surface area (Å²) in [6.45, 7) is 2.44. The van der Waals surface area contributed by atoms with Crippen molar-refractivity contribution in [3.05, 3.63) is 56.5 Å². The molecule has 0 spiro atoms. The molecule has 0 aliphatic rings. The van der Waals surface area contributed by atoms with Crippen LogP contribution in [0.3, 0.4) is 0 Å². The SMILES string of the molecule is CCOc1cc(CO)c(Cl)cc1OCc1ccc(Cl)cc1Cl. The molecular formula is C16H15Cl3O3. The Kier molecular flexibility index (Phi) is 6.21. The van der Waals surface area contributed by atoms with Gasteiger partial charge in [0.2, 0.25) is 0 Å². The van der Waals surface area contributed by atoms with E-state index in [2.05, 4.69) is 0 Å². The van der Waals surface area contributed by atoms with Crippen LogP contribution in [0.5, 0.6) is 11.5 Å². The van der Waals surface area contributed by atoms with Crippen LogP contribution in [0.15, 0.2) is 30.3 Å². The van der Waals surface area contributed by atoms with Crippen LogP contribution in [-0.2, 0) is 13.2 Å². The number of ether oxygens (including phenoxy) is 2. The molecule has 2 rings (SSSR count). The molecule has 2 aromatic carbocycles. The first-order chi connectivity index (χ1) is 10.5. The van der Waals surface area contributed by atoms with Crippen molar-refractivity contribution < 1.29 is 14.6 Å². The number of hydrogen-bond donors (Lipinski definition) is 1. The fraction of sp³-hybridized carbons (Fsp3) is 0.250. The standard InChI is InChI=1S/C16H15Cl3O3/c1-2-21-15-5-11(8-20)14(19)7-16(15)22-9-10-3-4-12(17)6-13(10)18/h3-7,20H,2,8-9H2,1H3. The molecule has 2 aromatic rings. The molecule has 0 saturated heterocycles. The summed E-state index contributed by atoms with van der Waals surface area (Å²) < 4.78 is 11.3. The summed E-state index contributed by atoms with van der Waals surface area (Å²) in [4.78, 5) is 0. The van der Waals surface area contributed by atoms with Crippen molar-refractivity contribution in [1.82, 2.24) is 0 Å². The minimum absolute atomic E-state index is 0.164. The Morgan fingerprint density at radius 1 is 0.909 bits per heavy atom. The minimum atomic E-state index is -0.164. The number of aliphatic hydroxyl groups excluding tert-OH is 1. The molecule has 0 bridgehead atoms. The predicted molar refractivity (Wildman–Crippen MR) is 89.3 cm³/mol. The average Bonchev–Trinajstić information content (AvgIpc) is 2.48. The van der Waals surface area contributed by atoms with Crippen LogP contribution in [0.25, 0.3) is 0 Å². The predicted octanol–water partition coefficient (Wildman–Crippen LogP) is 5.12. The number of benzene rings is 2. The molecule has 3 nitrogen and oxygen atoms in total. The first-order valence-corrected chi connectivity index (χ1v) is 7.81. The molecule has 0 atom stereocenters. The molecule has 0 unspecified atom stereocenters. The van der Waals surface area contributed by atoms with Gasteiger partial charge >= 0.3 is 0 Å². The number of rotatable bonds is 6. The summed E-state index contributed by atoms with van der Waals surface area (Å²) in [7, 11) is 0. The maximum atomic E-state index is 9.26. The van der Waals surface area contributed by atoms with E-state index in [1.54, 1.807) is 30.3 Å². The Hall–Kier alpha value is -1.13. The lowest BCUT2D eigenvalue weighted by molar-refractivity contribution is 0.264. The van der Waals surface area contributed by atoms with Crippen molar-refractivity contribution in [2.75, 3.05) is 6.61 Å². The molecule has 6 heteroatoms. The van der Waals surface area contributed by atoms with Gasteiger partial charge in [-0.05, 0) is 30.7 Å². The molecule has 22 heavy (non-hydrogen) atoms. The van der Waals surface area contributed by atoms with Crippen LogP contribution in [0.1, 0.15) is 18.1 Å². The Morgan fingerprint density at radius 3 is 2.23 bits per heavy atom. The largest absolute Gasteiger partial charge is 0.490 e. The van der Waals surface area contributed by atoms with Gasteiger partial charge in [0, 0.05) is 21.7 Å². The van der Waals surface area contributed by atoms with Gasteiger partial charge in [0.1, 0.15) is 6.61 Å². The van der Waals surface area contributed by atoms with Crippen LogP contribution in [0.2, 0.25) is 15.1 Å². The number of aliphatic hydroxyl groups is 1. The third-order valence-electron chi connectivity index (χ3n) is 2.98. The Labute approximate surface area is 144 Å². The normalized spacial score (nSPS) is 10.6. The molecule has 1 N–H and O–H groups in total. The van der Waals surface area contributed by atoms with E-state index < -0.39 is 0 Å². The smallest absolute Gasteiger partial charge is 0.163 e. The zero-order valence-corrected chi connectivity index (χ0v) is 14.2. The summed E-state index contributed by atoms with van der Waals surface area (Å²) >= 11 is 18.1. The van der Waals surface area contributed by atoms with E-state index in [4.69, 9.17) is 44.3 Å². The first kappa shape index (κ1) is 17.2. The van der Waals surface area contributed by atoms with Crippen molar-refractivity contribution in [2.45, 2.75) is 20.1 Å². The van der Waals surface area contributed by atoms with Crippen molar-refractivity contribution in [1.29, 1.82) is 0 Å². The van der Waals surface area contributed by atoms with Crippen LogP contribution in [0.4, 0.5) is 0 Å². The number of halogens is 3. The lowest BCUT2D eigenvalue weighted by Crippen LogP contribution is -2.01. The van der Waals surface area contributed by atoms with Crippen LogP contribution < -0.4 is 9.47 Å². The first-order valence-electron chi connectivity index (χ1n) is 6.68. The second-order valence-corrected chi connectivity index (χ2v) is 5.76. The fourth-order valence-corrected chi connectivity index (χ4v) is 2.55. The average molecular weight is 362 g/mol. The Morgan fingerprint density at radius 2 is 1.59 bits per heavy atom. The van der Waals surface area contributed by atoms with E-state index in [1.165, 1.54) is 0 Å². The summed E-state index contributed by atoms with van der Waals surface area (Å²) in [6, 6.07) is 8.51. The topological polar surface area (TPSA) is 38.7 Å². The Bertz CT molecular complexity index is 659. The van der Waals surface area contributed by atoms with Gasteiger partial charge in [0.05, 0.1) is 18.2 Å². The highest BCUT2D eigenvalue weighted by atomic mass is 35.5. The highest BCUT2D eigenvalue weighted by Crippen LogP contribution is 2.34. The van der Waals surface area contributed by atoms with Gasteiger partial charge in [0.25, 0.3) is 0 Å². The molecule has 0 fully saturated rings. The zero-order valence-electron chi connectivity index (χ0n) is 11.9. The molecule has 0 amide bonds. The van der Waals surface area contributed by atoms with Crippen LogP contribution >= 0.6 is 34.8 Å². The van der Waals surface area contributed by atoms with Crippen molar-refractivity contribution >= 4 is 34.8 Å². The Balaban J connectivity index is 2.22. The van der Waals surface area contributed by atoms with E-state index in [-0.39, 0.29) is 13.2 Å². The molecule has 0 aromatic heterocycles. The minimum Gasteiger partial charge on any atom is -0.490 e. The highest BCUT2D eigenvalue weighted by Gasteiger charge is 2.12. The maximum absolute atomic E-state index is 9.26. The molecule has 0 aliphatic heterocycles. The molecule has 0 saturated carbocycles. The van der Waals surface area contributed by atoms with E-state index in [9.17, 15) is 5.11 Å². The third-order valence-corrected chi connectivity index (χ3v) is 3.92. The highest BCUT2D eigenvalue weighted by molar-refractivity contribution is 6.35. The van der Waals surface area contributed by atoms with Gasteiger partial charge in [-0.25, -0.2) is 0 Å². The molecule has 118 valence electrons. The number of hydrogen-bond acceptors (Lipinski definition) is 3. The molecule has 0 radical (unpaired) electrons. The lowest BCUT2D eigenvalue weighted by atomic mass is 10.2. The van der Waals surface area contributed by atoms with Gasteiger partial charge in [0.15, 0.2) is 11.5 Å². The van der Waals surface area contributed by atoms with E-state index >= 15 is 0 Å². The third kappa shape index (κ3) is 4.20. The van der Waals surface area contributed by atoms with Crippen LogP contribution in [-0.4, -0.2) is 11.7 Å². The quantitative estimate of drug-likeness (QED) is 0.776. The summed E-state index contributed by atoms with van der Waals surface area (Å²) in [6.07, 6.45) is 0. The summed E-state index contributed by atoms with van der Waals surface area (Å²) in [5.41, 5.74) is 1.39. The van der Waals surface area contributed by atoms with Crippen molar-refractivity contribution in [2.24, 2.45) is 0 Å². The molecular weight excluding hydrogens is 347 g/mol. The van der Waals surface area contributed by atoms with Gasteiger partial charge in [-0.15, -0.1) is 0 Å². The van der Waals surface area contributed by atoms with Gasteiger partial charge in [-0.2, -0.15) is 0 Å². The zero-order chi connectivity index (χ0) is 16.1. The van der Waals surface area contributed by atoms with Crippen molar-refractivity contribution in [3.63, 3.8) is 0 Å². The van der Waals surface area contributed by atoms with E-state index in [0.717, 1.165) is 5.56 Å². The van der Waals surface area contributed by atoms with Crippen LogP contribution in [0, 0.1) is 0 Å². The fourth-order valence-electron chi connectivity index (χ4n) is 1.87. The maximum Gasteiger partial charge on any atom is 0.163 e. The second-order valence-electron chi connectivity index (χ2n) is 4.51. The van der Waals surface area contributed by atoms with Gasteiger partial charge in [-0.3, -0.25) is 0 Å².